The summed E-state index contributed by atoms with van der Waals surface area (Å²) in [4.78, 5) is 12.0. The number of nitrogens with zero attached hydrogens (tertiary/aromatic N) is 1. The monoisotopic (exact) mass is 307 g/mol. The van der Waals surface area contributed by atoms with E-state index in [1.807, 2.05) is 19.9 Å². The van der Waals surface area contributed by atoms with E-state index in [0.29, 0.717) is 11.1 Å². The van der Waals surface area contributed by atoms with Crippen LogP contribution in [0.5, 0.6) is 5.75 Å². The second-order valence-corrected chi connectivity index (χ2v) is 6.38. The Morgan fingerprint density at radius 3 is 2.41 bits per heavy atom. The van der Waals surface area contributed by atoms with Crippen LogP contribution in [0.4, 0.5) is 4.39 Å². The highest BCUT2D eigenvalue weighted by Crippen LogP contribution is 2.32. The summed E-state index contributed by atoms with van der Waals surface area (Å²) in [6.07, 6.45) is -0.108. The van der Waals surface area contributed by atoms with Crippen LogP contribution in [0.25, 0.3) is 0 Å². The standard InChI is InChI=1S/C17H22FNO3/c1-10(2)12-7-11(8-14(20)22-17(3,4)5)16(21-6)15(18)13(12)9-19/h7,10H,8H2,1-6H3. The van der Waals surface area contributed by atoms with Gasteiger partial charge in [-0.05, 0) is 38.3 Å². The average Bonchev–Trinajstić information content (AvgIpc) is 2.35. The zero-order valence-corrected chi connectivity index (χ0v) is 13.9. The van der Waals surface area contributed by atoms with Gasteiger partial charge in [-0.15, -0.1) is 0 Å². The van der Waals surface area contributed by atoms with Crippen LogP contribution < -0.4 is 4.74 Å². The SMILES string of the molecule is COc1c(CC(=O)OC(C)(C)C)cc(C(C)C)c(C#N)c1F. The molecular weight excluding hydrogens is 285 g/mol. The molecule has 0 aromatic heterocycles. The molecule has 0 atom stereocenters. The Labute approximate surface area is 130 Å². The lowest BCUT2D eigenvalue weighted by Crippen LogP contribution is -2.25. The molecule has 22 heavy (non-hydrogen) atoms. The summed E-state index contributed by atoms with van der Waals surface area (Å²) in [6, 6.07) is 3.52. The molecule has 0 unspecified atom stereocenters. The molecule has 0 amide bonds. The fourth-order valence-corrected chi connectivity index (χ4v) is 2.16. The van der Waals surface area contributed by atoms with Crippen LogP contribution >= 0.6 is 0 Å². The lowest BCUT2D eigenvalue weighted by Gasteiger charge is -2.21. The van der Waals surface area contributed by atoms with Gasteiger partial charge in [0, 0.05) is 5.56 Å². The van der Waals surface area contributed by atoms with Crippen LogP contribution in [-0.4, -0.2) is 18.7 Å². The van der Waals surface area contributed by atoms with Crippen LogP contribution in [0, 0.1) is 17.1 Å². The Morgan fingerprint density at radius 1 is 1.41 bits per heavy atom. The van der Waals surface area contributed by atoms with Crippen molar-refractivity contribution in [2.45, 2.75) is 52.6 Å². The van der Waals surface area contributed by atoms with Gasteiger partial charge in [0.25, 0.3) is 0 Å². The van der Waals surface area contributed by atoms with Crippen LogP contribution in [0.15, 0.2) is 6.07 Å². The summed E-state index contributed by atoms with van der Waals surface area (Å²) in [5, 5.41) is 9.16. The van der Waals surface area contributed by atoms with Crippen molar-refractivity contribution in [1.29, 1.82) is 5.26 Å². The third kappa shape index (κ3) is 4.20. The number of esters is 1. The lowest BCUT2D eigenvalue weighted by atomic mass is 9.93. The first-order chi connectivity index (χ1) is 10.1. The Kier molecular flexibility index (Phi) is 5.54. The van der Waals surface area contributed by atoms with E-state index in [1.54, 1.807) is 26.8 Å². The smallest absolute Gasteiger partial charge is 0.310 e. The maximum Gasteiger partial charge on any atom is 0.310 e. The van der Waals surface area contributed by atoms with Gasteiger partial charge in [-0.25, -0.2) is 4.39 Å². The van der Waals surface area contributed by atoms with Gasteiger partial charge in [0.15, 0.2) is 11.6 Å². The van der Waals surface area contributed by atoms with Crippen molar-refractivity contribution in [2.24, 2.45) is 0 Å². The van der Waals surface area contributed by atoms with Gasteiger partial charge in [-0.2, -0.15) is 5.26 Å². The molecule has 0 aliphatic heterocycles. The summed E-state index contributed by atoms with van der Waals surface area (Å²) in [5.41, 5.74) is 0.284. The fourth-order valence-electron chi connectivity index (χ4n) is 2.16. The first-order valence-electron chi connectivity index (χ1n) is 7.12. The van der Waals surface area contributed by atoms with E-state index >= 15 is 0 Å². The van der Waals surface area contributed by atoms with E-state index in [0.717, 1.165) is 0 Å². The molecule has 1 aromatic rings. The molecule has 0 N–H and O–H groups in total. The van der Waals surface area contributed by atoms with Crippen molar-refractivity contribution in [3.8, 4) is 11.8 Å². The summed E-state index contributed by atoms with van der Waals surface area (Å²) >= 11 is 0. The van der Waals surface area contributed by atoms with Crippen molar-refractivity contribution in [3.05, 3.63) is 28.6 Å². The normalized spacial score (nSPS) is 11.2. The maximum atomic E-state index is 14.4. The van der Waals surface area contributed by atoms with Gasteiger partial charge < -0.3 is 9.47 Å². The number of nitriles is 1. The number of rotatable bonds is 4. The van der Waals surface area contributed by atoms with Gasteiger partial charge in [-0.1, -0.05) is 13.8 Å². The number of carbonyl (C=O) groups is 1. The highest BCUT2D eigenvalue weighted by Gasteiger charge is 2.24. The van der Waals surface area contributed by atoms with Crippen molar-refractivity contribution < 1.29 is 18.7 Å². The van der Waals surface area contributed by atoms with E-state index in [1.165, 1.54) is 7.11 Å². The molecular formula is C17H22FNO3. The molecule has 0 radical (unpaired) electrons. The highest BCUT2D eigenvalue weighted by molar-refractivity contribution is 5.74. The van der Waals surface area contributed by atoms with E-state index < -0.39 is 17.4 Å². The molecule has 0 saturated carbocycles. The summed E-state index contributed by atoms with van der Waals surface area (Å²) in [5.74, 6) is -1.32. The molecule has 5 heteroatoms. The minimum absolute atomic E-state index is 0.0419. The molecule has 0 saturated heterocycles. The molecule has 0 spiro atoms. The molecule has 0 aliphatic rings. The molecule has 0 fully saturated rings. The zero-order valence-electron chi connectivity index (χ0n) is 13.9. The van der Waals surface area contributed by atoms with Crippen LogP contribution in [-0.2, 0) is 16.0 Å². The summed E-state index contributed by atoms with van der Waals surface area (Å²) in [7, 11) is 1.31. The Hall–Kier alpha value is -2.09. The lowest BCUT2D eigenvalue weighted by molar-refractivity contribution is -0.153. The fraction of sp³-hybridized carbons (Fsp3) is 0.529. The third-order valence-electron chi connectivity index (χ3n) is 3.02. The van der Waals surface area contributed by atoms with Crippen molar-refractivity contribution >= 4 is 5.97 Å². The van der Waals surface area contributed by atoms with Gasteiger partial charge >= 0.3 is 5.97 Å². The number of methoxy groups -OCH3 is 1. The number of hydrogen-bond donors (Lipinski definition) is 0. The summed E-state index contributed by atoms with van der Waals surface area (Å²) in [6.45, 7) is 9.02. The Morgan fingerprint density at radius 2 is 2.00 bits per heavy atom. The van der Waals surface area contributed by atoms with Gasteiger partial charge in [0.1, 0.15) is 11.7 Å². The summed E-state index contributed by atoms with van der Waals surface area (Å²) < 4.78 is 24.7. The number of hydrogen-bond acceptors (Lipinski definition) is 4. The van der Waals surface area contributed by atoms with Crippen molar-refractivity contribution in [3.63, 3.8) is 0 Å². The van der Waals surface area contributed by atoms with Crippen LogP contribution in [0.1, 0.15) is 57.2 Å². The van der Waals surface area contributed by atoms with Crippen molar-refractivity contribution in [1.82, 2.24) is 0 Å². The minimum atomic E-state index is -0.727. The third-order valence-corrected chi connectivity index (χ3v) is 3.02. The molecule has 0 aliphatic carbocycles. The first-order valence-corrected chi connectivity index (χ1v) is 7.12. The molecule has 1 rings (SSSR count). The molecule has 1 aromatic carbocycles. The Balaban J connectivity index is 3.30. The van der Waals surface area contributed by atoms with E-state index in [4.69, 9.17) is 14.7 Å². The van der Waals surface area contributed by atoms with Crippen LogP contribution in [0.3, 0.4) is 0 Å². The molecule has 120 valence electrons. The predicted molar refractivity (Wildman–Crippen MR) is 81.3 cm³/mol. The number of ether oxygens (including phenoxy) is 2. The predicted octanol–water partition coefficient (Wildman–Crippen LogP) is 3.71. The average molecular weight is 307 g/mol. The van der Waals surface area contributed by atoms with Gasteiger partial charge in [0.2, 0.25) is 0 Å². The zero-order chi connectivity index (χ0) is 17.1. The first kappa shape index (κ1) is 18.0. The maximum absolute atomic E-state index is 14.4. The molecule has 4 nitrogen and oxygen atoms in total. The highest BCUT2D eigenvalue weighted by atomic mass is 19.1. The largest absolute Gasteiger partial charge is 0.493 e. The minimum Gasteiger partial charge on any atom is -0.493 e. The van der Waals surface area contributed by atoms with E-state index in [-0.39, 0.29) is 23.7 Å². The number of benzene rings is 1. The molecule has 0 heterocycles. The Bertz CT molecular complexity index is 610. The van der Waals surface area contributed by atoms with Gasteiger partial charge in [-0.3, -0.25) is 4.79 Å². The second-order valence-electron chi connectivity index (χ2n) is 6.38. The number of halogens is 1. The topological polar surface area (TPSA) is 59.3 Å². The number of carbonyl (C=O) groups excluding carboxylic acids is 1. The van der Waals surface area contributed by atoms with Gasteiger partial charge in [0.05, 0.1) is 19.1 Å². The second kappa shape index (κ2) is 6.78. The quantitative estimate of drug-likeness (QED) is 0.796. The van der Waals surface area contributed by atoms with E-state index in [2.05, 4.69) is 0 Å². The molecule has 0 bridgehead atoms. The van der Waals surface area contributed by atoms with Crippen molar-refractivity contribution in [2.75, 3.05) is 7.11 Å². The van der Waals surface area contributed by atoms with Crippen LogP contribution in [0.2, 0.25) is 0 Å². The van der Waals surface area contributed by atoms with E-state index in [9.17, 15) is 9.18 Å².